The summed E-state index contributed by atoms with van der Waals surface area (Å²) in [4.78, 5) is 45.0. The van der Waals surface area contributed by atoms with Crippen LogP contribution in [0.4, 0.5) is 11.4 Å². The van der Waals surface area contributed by atoms with E-state index in [1.807, 2.05) is 0 Å². The molecule has 1 heterocycles. The zero-order valence-electron chi connectivity index (χ0n) is 34.5. The van der Waals surface area contributed by atoms with E-state index in [2.05, 4.69) is 17.2 Å². The van der Waals surface area contributed by atoms with Gasteiger partial charge < -0.3 is 24.1 Å². The number of aryl methyl sites for hydroxylation is 2. The Bertz CT molecular complexity index is 2970. The van der Waals surface area contributed by atoms with Crippen molar-refractivity contribution in [2.45, 2.75) is 75.5 Å². The molecule has 12 nitrogen and oxygen atoms in total. The van der Waals surface area contributed by atoms with Crippen LogP contribution in [0, 0.1) is 13.8 Å². The van der Waals surface area contributed by atoms with Gasteiger partial charge >= 0.3 is 59.1 Å². The number of aromatic amines is 1. The molecule has 0 radical (unpaired) electrons. The Balaban J connectivity index is 0.00000352. The number of hydrogen-bond acceptors (Lipinski definition) is 11. The van der Waals surface area contributed by atoms with E-state index in [0.29, 0.717) is 29.5 Å². The first-order valence-corrected chi connectivity index (χ1v) is 22.0. The predicted molar refractivity (Wildman–Crippen MR) is 222 cm³/mol. The van der Waals surface area contributed by atoms with E-state index in [9.17, 15) is 40.3 Å². The van der Waals surface area contributed by atoms with Crippen LogP contribution in [0.1, 0.15) is 94.0 Å². The Morgan fingerprint density at radius 2 is 1.38 bits per heavy atom. The first-order valence-electron chi connectivity index (χ1n) is 19.2. The van der Waals surface area contributed by atoms with Gasteiger partial charge in [0.2, 0.25) is 0 Å². The second-order valence-electron chi connectivity index (χ2n) is 14.6. The van der Waals surface area contributed by atoms with E-state index < -0.39 is 47.2 Å². The molecule has 1 aliphatic rings. The molecular formula is C45H40N2Na2O10S2. The molecule has 0 atom stereocenters. The number of benzene rings is 5. The number of aromatic nitrogens is 1. The molecule has 1 aromatic heterocycles. The second-order valence-corrected chi connectivity index (χ2v) is 17.3. The molecule has 7 rings (SSSR count). The van der Waals surface area contributed by atoms with Crippen LogP contribution in [0.2, 0.25) is 0 Å². The van der Waals surface area contributed by atoms with E-state index in [0.717, 1.165) is 38.2 Å². The van der Waals surface area contributed by atoms with Crippen molar-refractivity contribution in [2.24, 2.45) is 0 Å². The van der Waals surface area contributed by atoms with Gasteiger partial charge in [0.25, 0.3) is 5.56 Å². The van der Waals surface area contributed by atoms with Crippen LogP contribution in [0.25, 0.3) is 22.0 Å². The molecule has 0 amide bonds. The van der Waals surface area contributed by atoms with Gasteiger partial charge in [-0.1, -0.05) is 106 Å². The summed E-state index contributed by atoms with van der Waals surface area (Å²) in [5.41, 5.74) is 0.960. The van der Waals surface area contributed by atoms with Crippen molar-refractivity contribution >= 4 is 54.1 Å². The smallest absolute Gasteiger partial charge is 0.744 e. The molecule has 1 aliphatic carbocycles. The number of unbranched alkanes of at least 4 members (excludes halogenated alkanes) is 5. The summed E-state index contributed by atoms with van der Waals surface area (Å²) < 4.78 is 81.0. The SMILES string of the molecule is CCCCCCCCc1ccc(Oc2cc(Nc3c(C)ccc(S(=O)(=O)[O-])c3C)c3c4c(c(C(=O)c5ccccc5)c(=O)[nH]c24)-c2ccccc2C3=O)cc1S(=O)(=O)[O-].[Na+].[Na+]. The van der Waals surface area contributed by atoms with Gasteiger partial charge in [0.05, 0.1) is 32.1 Å². The van der Waals surface area contributed by atoms with Crippen LogP contribution < -0.4 is 74.7 Å². The van der Waals surface area contributed by atoms with Crippen molar-refractivity contribution < 1.29 is 99.4 Å². The third-order valence-electron chi connectivity index (χ3n) is 10.7. The van der Waals surface area contributed by atoms with Crippen LogP contribution in [0.5, 0.6) is 11.5 Å². The fourth-order valence-electron chi connectivity index (χ4n) is 7.80. The van der Waals surface area contributed by atoms with E-state index >= 15 is 0 Å². The van der Waals surface area contributed by atoms with Crippen LogP contribution in [0.3, 0.4) is 0 Å². The van der Waals surface area contributed by atoms with Gasteiger partial charge in [0.15, 0.2) is 17.3 Å². The fourth-order valence-corrected chi connectivity index (χ4v) is 9.27. The van der Waals surface area contributed by atoms with Crippen molar-refractivity contribution in [3.8, 4) is 22.6 Å². The van der Waals surface area contributed by atoms with E-state index in [-0.39, 0.29) is 126 Å². The molecule has 61 heavy (non-hydrogen) atoms. The number of hydrogen-bond donors (Lipinski definition) is 2. The molecule has 0 saturated carbocycles. The minimum atomic E-state index is -4.97. The molecule has 304 valence electrons. The normalized spacial score (nSPS) is 12.0. The third kappa shape index (κ3) is 9.84. The third-order valence-corrected chi connectivity index (χ3v) is 12.6. The Kier molecular flexibility index (Phi) is 15.5. The molecule has 2 N–H and O–H groups in total. The van der Waals surface area contributed by atoms with Gasteiger partial charge in [-0.3, -0.25) is 14.4 Å². The summed E-state index contributed by atoms with van der Waals surface area (Å²) in [5, 5.41) is 3.28. The molecule has 0 spiro atoms. The maximum atomic E-state index is 14.7. The van der Waals surface area contributed by atoms with Crippen LogP contribution in [-0.2, 0) is 26.7 Å². The predicted octanol–water partition coefficient (Wildman–Crippen LogP) is 2.84. The number of rotatable bonds is 15. The number of carbonyl (C=O) groups excluding carboxylic acids is 2. The van der Waals surface area contributed by atoms with Gasteiger partial charge in [-0.25, -0.2) is 16.8 Å². The summed E-state index contributed by atoms with van der Waals surface area (Å²) >= 11 is 0. The van der Waals surface area contributed by atoms with Crippen molar-refractivity contribution in [1.82, 2.24) is 4.98 Å². The first-order chi connectivity index (χ1) is 28.1. The standard InChI is InChI=1S/C45H42N2O10S2.2Na/c1-4-5-6-7-8-10-15-28-21-22-30(24-36(28)59(54,55)56)57-34-25-33(46-41-26(2)20-23-35(27(41)3)58(51,52)53)38-39-37(31-18-13-14-19-32(31)44(38)49)40(45(50)47-42(34)39)43(48)29-16-11-9-12-17-29;;/h9,11-14,16-25,46H,4-8,10,15H2,1-3H3,(H,47,50)(H,51,52,53)(H,54,55,56);;/q;2*+1/p-2. The van der Waals surface area contributed by atoms with E-state index in [4.69, 9.17) is 4.74 Å². The summed E-state index contributed by atoms with van der Waals surface area (Å²) in [6.07, 6.45) is 6.11. The molecule has 0 bridgehead atoms. The molecule has 0 fully saturated rings. The van der Waals surface area contributed by atoms with Gasteiger partial charge in [0.1, 0.15) is 26.0 Å². The number of anilines is 2. The number of nitrogens with one attached hydrogen (secondary N) is 2. The number of H-pyrrole nitrogens is 1. The van der Waals surface area contributed by atoms with Crippen LogP contribution in [-0.4, -0.2) is 42.5 Å². The van der Waals surface area contributed by atoms with Crippen LogP contribution in [0.15, 0.2) is 106 Å². The summed E-state index contributed by atoms with van der Waals surface area (Å²) in [6, 6.07) is 22.8. The fraction of sp³-hybridized carbons (Fsp3) is 0.222. The number of pyridine rings is 1. The first kappa shape index (κ1) is 48.1. The topological polar surface area (TPSA) is 203 Å². The van der Waals surface area contributed by atoms with E-state index in [1.165, 1.54) is 37.3 Å². The Morgan fingerprint density at radius 3 is 2.05 bits per heavy atom. The van der Waals surface area contributed by atoms with Gasteiger partial charge in [0, 0.05) is 33.8 Å². The summed E-state index contributed by atoms with van der Waals surface area (Å²) in [6.45, 7) is 5.23. The Morgan fingerprint density at radius 1 is 0.738 bits per heavy atom. The molecular weight excluding hydrogens is 839 g/mol. The van der Waals surface area contributed by atoms with Gasteiger partial charge in [-0.05, 0) is 67.1 Å². The molecule has 16 heteroatoms. The maximum Gasteiger partial charge on any atom is 1.00 e. The van der Waals surface area contributed by atoms with Crippen molar-refractivity contribution in [3.05, 3.63) is 140 Å². The van der Waals surface area contributed by atoms with Crippen LogP contribution >= 0.6 is 0 Å². The zero-order valence-corrected chi connectivity index (χ0v) is 40.1. The van der Waals surface area contributed by atoms with Gasteiger partial charge in [-0.15, -0.1) is 0 Å². The Labute approximate surface area is 398 Å². The number of ketones is 2. The number of carbonyl (C=O) groups is 2. The average Bonchev–Trinajstić information content (AvgIpc) is 3.19. The molecule has 0 aliphatic heterocycles. The summed E-state index contributed by atoms with van der Waals surface area (Å²) in [5.74, 6) is -1.30. The number of ether oxygens (including phenoxy) is 1. The minimum Gasteiger partial charge on any atom is -0.744 e. The Hall–Kier alpha value is -3.93. The largest absolute Gasteiger partial charge is 1.00 e. The second kappa shape index (κ2) is 19.6. The zero-order chi connectivity index (χ0) is 42.2. The van der Waals surface area contributed by atoms with Crippen molar-refractivity contribution in [2.75, 3.05) is 5.32 Å². The van der Waals surface area contributed by atoms with Gasteiger partial charge in [-0.2, -0.15) is 0 Å². The molecule has 5 aromatic carbocycles. The molecule has 6 aromatic rings. The van der Waals surface area contributed by atoms with E-state index in [1.54, 1.807) is 61.5 Å². The quantitative estimate of drug-likeness (QED) is 0.0664. The average molecular weight is 879 g/mol. The maximum absolute atomic E-state index is 14.7. The summed E-state index contributed by atoms with van der Waals surface area (Å²) in [7, 11) is -9.89. The monoisotopic (exact) mass is 878 g/mol. The minimum absolute atomic E-state index is 0. The molecule has 0 unspecified atom stereocenters. The number of fused-ring (bicyclic) bond motifs is 2. The van der Waals surface area contributed by atoms with Crippen molar-refractivity contribution in [3.63, 3.8) is 0 Å². The van der Waals surface area contributed by atoms with Crippen molar-refractivity contribution in [1.29, 1.82) is 0 Å². The molecule has 0 saturated heterocycles.